The van der Waals surface area contributed by atoms with Crippen LogP contribution in [0.25, 0.3) is 0 Å². The van der Waals surface area contributed by atoms with Crippen LogP contribution in [0.4, 0.5) is 0 Å². The van der Waals surface area contributed by atoms with Crippen molar-refractivity contribution in [2.75, 3.05) is 13.1 Å². The van der Waals surface area contributed by atoms with E-state index in [4.69, 9.17) is 0 Å². The lowest BCUT2D eigenvalue weighted by Crippen LogP contribution is -2.38. The van der Waals surface area contributed by atoms with Gasteiger partial charge < -0.3 is 10.6 Å². The van der Waals surface area contributed by atoms with Gasteiger partial charge in [0.05, 0.1) is 11.4 Å². The van der Waals surface area contributed by atoms with Gasteiger partial charge in [-0.15, -0.1) is 24.0 Å². The third-order valence-electron chi connectivity index (χ3n) is 4.31. The molecule has 29 heavy (non-hydrogen) atoms. The van der Waals surface area contributed by atoms with Crippen molar-refractivity contribution in [1.29, 1.82) is 0 Å². The Hall–Kier alpha value is -1.66. The lowest BCUT2D eigenvalue weighted by molar-refractivity contribution is 0.570. The molecule has 8 nitrogen and oxygen atoms in total. The minimum atomic E-state index is -3.40. The van der Waals surface area contributed by atoms with Gasteiger partial charge in [0.25, 0.3) is 0 Å². The lowest BCUT2D eigenvalue weighted by atomic mass is 10.2. The summed E-state index contributed by atoms with van der Waals surface area (Å²) in [4.78, 5) is 4.88. The van der Waals surface area contributed by atoms with Gasteiger partial charge in [-0.3, -0.25) is 4.68 Å². The highest BCUT2D eigenvalue weighted by Crippen LogP contribution is 2.22. The van der Waals surface area contributed by atoms with Crippen LogP contribution in [-0.2, 0) is 23.1 Å². The van der Waals surface area contributed by atoms with Crippen LogP contribution in [0.3, 0.4) is 0 Å². The minimum absolute atomic E-state index is 0. The molecule has 0 saturated heterocycles. The number of benzene rings is 1. The number of aryl methyl sites for hydroxylation is 1. The highest BCUT2D eigenvalue weighted by molar-refractivity contribution is 14.0. The zero-order chi connectivity index (χ0) is 19.8. The van der Waals surface area contributed by atoms with Crippen molar-refractivity contribution >= 4 is 40.0 Å². The van der Waals surface area contributed by atoms with Crippen LogP contribution in [0.2, 0.25) is 0 Å². The molecule has 1 aliphatic carbocycles. The van der Waals surface area contributed by atoms with E-state index in [9.17, 15) is 8.42 Å². The van der Waals surface area contributed by atoms with Gasteiger partial charge in [-0.2, -0.15) is 5.10 Å². The van der Waals surface area contributed by atoms with Crippen LogP contribution in [0, 0.1) is 0 Å². The first-order chi connectivity index (χ1) is 13.6. The topological polar surface area (TPSA) is 100 Å². The molecule has 1 aromatic heterocycles. The van der Waals surface area contributed by atoms with Gasteiger partial charge in [-0.25, -0.2) is 18.1 Å². The molecule has 1 heterocycles. The van der Waals surface area contributed by atoms with Crippen LogP contribution >= 0.6 is 24.0 Å². The SMILES string of the molecule is CCNC(=NCc1ccc(S(=O)(=O)NC2CC2)cc1)NCCCn1cccn1.I. The fourth-order valence-electron chi connectivity index (χ4n) is 2.66. The van der Waals surface area contributed by atoms with E-state index in [-0.39, 0.29) is 30.0 Å². The van der Waals surface area contributed by atoms with Gasteiger partial charge in [0.1, 0.15) is 0 Å². The maximum Gasteiger partial charge on any atom is 0.240 e. The Morgan fingerprint density at radius 1 is 1.24 bits per heavy atom. The number of aliphatic imine (C=N–C) groups is 1. The Morgan fingerprint density at radius 3 is 2.62 bits per heavy atom. The monoisotopic (exact) mass is 532 g/mol. The largest absolute Gasteiger partial charge is 0.357 e. The molecule has 0 unspecified atom stereocenters. The van der Waals surface area contributed by atoms with E-state index in [1.165, 1.54) is 0 Å². The summed E-state index contributed by atoms with van der Waals surface area (Å²) < 4.78 is 29.0. The summed E-state index contributed by atoms with van der Waals surface area (Å²) in [7, 11) is -3.40. The van der Waals surface area contributed by atoms with Crippen LogP contribution in [0.5, 0.6) is 0 Å². The first-order valence-corrected chi connectivity index (χ1v) is 11.2. The molecule has 3 rings (SSSR count). The summed E-state index contributed by atoms with van der Waals surface area (Å²) in [5.41, 5.74) is 0.958. The maximum atomic E-state index is 12.2. The number of nitrogens with one attached hydrogen (secondary N) is 3. The minimum Gasteiger partial charge on any atom is -0.357 e. The first-order valence-electron chi connectivity index (χ1n) is 9.68. The fraction of sp³-hybridized carbons (Fsp3) is 0.474. The van der Waals surface area contributed by atoms with E-state index < -0.39 is 10.0 Å². The van der Waals surface area contributed by atoms with Gasteiger partial charge >= 0.3 is 0 Å². The molecule has 1 aromatic carbocycles. The Balaban J connectivity index is 0.00000300. The van der Waals surface area contributed by atoms with E-state index in [1.54, 1.807) is 18.3 Å². The molecule has 0 bridgehead atoms. The van der Waals surface area contributed by atoms with Crippen molar-refractivity contribution in [1.82, 2.24) is 25.1 Å². The van der Waals surface area contributed by atoms with Gasteiger partial charge in [0.15, 0.2) is 5.96 Å². The fourth-order valence-corrected chi connectivity index (χ4v) is 3.96. The molecule has 1 saturated carbocycles. The molecule has 2 aromatic rings. The van der Waals surface area contributed by atoms with E-state index in [2.05, 4.69) is 25.4 Å². The van der Waals surface area contributed by atoms with Crippen LogP contribution in [-0.4, -0.2) is 43.3 Å². The summed E-state index contributed by atoms with van der Waals surface area (Å²) in [5, 5.41) is 10.7. The first kappa shape index (κ1) is 23.6. The highest BCUT2D eigenvalue weighted by Gasteiger charge is 2.27. The second-order valence-electron chi connectivity index (χ2n) is 6.78. The lowest BCUT2D eigenvalue weighted by Gasteiger charge is -2.11. The van der Waals surface area contributed by atoms with Crippen molar-refractivity contribution in [2.45, 2.75) is 50.2 Å². The zero-order valence-electron chi connectivity index (χ0n) is 16.5. The van der Waals surface area contributed by atoms with E-state index >= 15 is 0 Å². The number of sulfonamides is 1. The van der Waals surface area contributed by atoms with E-state index in [0.29, 0.717) is 11.4 Å². The predicted molar refractivity (Wildman–Crippen MR) is 125 cm³/mol. The summed E-state index contributed by atoms with van der Waals surface area (Å²) in [6, 6.07) is 8.92. The Kier molecular flexibility index (Phi) is 9.37. The van der Waals surface area contributed by atoms with Gasteiger partial charge in [-0.1, -0.05) is 12.1 Å². The Morgan fingerprint density at radius 2 is 2.00 bits per heavy atom. The molecular weight excluding hydrogens is 503 g/mol. The van der Waals surface area contributed by atoms with Crippen LogP contribution in [0.1, 0.15) is 31.7 Å². The molecular formula is C19H29IN6O2S. The second-order valence-corrected chi connectivity index (χ2v) is 8.50. The maximum absolute atomic E-state index is 12.2. The number of hydrogen-bond acceptors (Lipinski definition) is 4. The quantitative estimate of drug-likeness (QED) is 0.188. The number of aromatic nitrogens is 2. The normalized spacial score (nSPS) is 14.3. The summed E-state index contributed by atoms with van der Waals surface area (Å²) in [6.45, 7) is 4.91. The summed E-state index contributed by atoms with van der Waals surface area (Å²) in [5.74, 6) is 0.745. The Labute approximate surface area is 189 Å². The molecule has 0 amide bonds. The smallest absolute Gasteiger partial charge is 0.240 e. The van der Waals surface area contributed by atoms with Crippen molar-refractivity contribution in [3.63, 3.8) is 0 Å². The predicted octanol–water partition coefficient (Wildman–Crippen LogP) is 2.09. The number of nitrogens with zero attached hydrogens (tertiary/aromatic N) is 3. The standard InChI is InChI=1S/C19H28N6O2S.HI/c1-2-20-19(21-11-3-13-25-14-4-12-23-25)22-15-16-5-9-18(10-6-16)28(26,27)24-17-7-8-17;/h4-6,9-10,12,14,17,24H,2-3,7-8,11,13,15H2,1H3,(H2,20,21,22);1H. The van der Waals surface area contributed by atoms with Gasteiger partial charge in [-0.05, 0) is 49.9 Å². The number of rotatable bonds is 10. The molecule has 1 aliphatic rings. The third kappa shape index (κ3) is 7.94. The molecule has 1 fully saturated rings. The second kappa shape index (κ2) is 11.5. The van der Waals surface area contributed by atoms with Crippen molar-refractivity contribution in [3.8, 4) is 0 Å². The highest BCUT2D eigenvalue weighted by atomic mass is 127. The number of halogens is 1. The molecule has 10 heteroatoms. The number of guanidine groups is 1. The third-order valence-corrected chi connectivity index (χ3v) is 5.85. The van der Waals surface area contributed by atoms with Crippen molar-refractivity contribution in [2.24, 2.45) is 4.99 Å². The Bertz CT molecular complexity index is 865. The molecule has 0 aliphatic heterocycles. The molecule has 0 radical (unpaired) electrons. The van der Waals surface area contributed by atoms with E-state index in [0.717, 1.165) is 50.4 Å². The van der Waals surface area contributed by atoms with Crippen molar-refractivity contribution in [3.05, 3.63) is 48.3 Å². The molecule has 0 atom stereocenters. The molecule has 3 N–H and O–H groups in total. The van der Waals surface area contributed by atoms with Crippen molar-refractivity contribution < 1.29 is 8.42 Å². The molecule has 0 spiro atoms. The van der Waals surface area contributed by atoms with E-state index in [1.807, 2.05) is 36.0 Å². The number of hydrogen-bond donors (Lipinski definition) is 3. The average Bonchev–Trinajstić information content (AvgIpc) is 3.33. The summed E-state index contributed by atoms with van der Waals surface area (Å²) >= 11 is 0. The summed E-state index contributed by atoms with van der Waals surface area (Å²) in [6.07, 6.45) is 6.51. The van der Waals surface area contributed by atoms with Gasteiger partial charge in [0.2, 0.25) is 10.0 Å². The molecule has 160 valence electrons. The van der Waals surface area contributed by atoms with Crippen LogP contribution < -0.4 is 15.4 Å². The van der Waals surface area contributed by atoms with Crippen LogP contribution in [0.15, 0.2) is 52.6 Å². The van der Waals surface area contributed by atoms with Gasteiger partial charge in [0, 0.05) is 38.1 Å². The average molecular weight is 532 g/mol. The zero-order valence-corrected chi connectivity index (χ0v) is 19.7.